The molecule has 0 aliphatic rings. The molecule has 0 aliphatic carbocycles. The summed E-state index contributed by atoms with van der Waals surface area (Å²) in [4.78, 5) is 13.0. The molecule has 24 heavy (non-hydrogen) atoms. The molecule has 0 saturated carbocycles. The maximum atomic E-state index is 13.3. The SMILES string of the molecule is CCN(CCCCC(=O)O)C(c1ccccc1)c1ccc(F)cc1. The number of nitrogens with zero attached hydrogens (tertiary/aromatic N) is 1. The van der Waals surface area contributed by atoms with Crippen molar-refractivity contribution >= 4 is 5.97 Å². The van der Waals surface area contributed by atoms with Crippen LogP contribution >= 0.6 is 0 Å². The highest BCUT2D eigenvalue weighted by atomic mass is 19.1. The van der Waals surface area contributed by atoms with Crippen LogP contribution in [0.3, 0.4) is 0 Å². The Labute approximate surface area is 142 Å². The van der Waals surface area contributed by atoms with Crippen LogP contribution < -0.4 is 0 Å². The van der Waals surface area contributed by atoms with Gasteiger partial charge < -0.3 is 5.11 Å². The molecule has 4 heteroatoms. The van der Waals surface area contributed by atoms with Crippen molar-refractivity contribution < 1.29 is 14.3 Å². The van der Waals surface area contributed by atoms with Gasteiger partial charge in [0.05, 0.1) is 6.04 Å². The minimum atomic E-state index is -0.754. The van der Waals surface area contributed by atoms with Crippen molar-refractivity contribution in [2.45, 2.75) is 32.2 Å². The molecule has 1 unspecified atom stereocenters. The molecule has 0 heterocycles. The van der Waals surface area contributed by atoms with E-state index in [2.05, 4.69) is 24.0 Å². The minimum Gasteiger partial charge on any atom is -0.481 e. The van der Waals surface area contributed by atoms with Gasteiger partial charge in [0.25, 0.3) is 0 Å². The Morgan fingerprint density at radius 2 is 1.67 bits per heavy atom. The van der Waals surface area contributed by atoms with Crippen molar-refractivity contribution in [2.24, 2.45) is 0 Å². The van der Waals surface area contributed by atoms with Crippen molar-refractivity contribution in [3.63, 3.8) is 0 Å². The van der Waals surface area contributed by atoms with Crippen molar-refractivity contribution in [1.82, 2.24) is 4.90 Å². The number of carboxylic acids is 1. The molecule has 0 saturated heterocycles. The van der Waals surface area contributed by atoms with Crippen molar-refractivity contribution in [3.05, 3.63) is 71.5 Å². The highest BCUT2D eigenvalue weighted by molar-refractivity contribution is 5.66. The third kappa shape index (κ3) is 5.17. The molecule has 0 aliphatic heterocycles. The standard InChI is InChI=1S/C20H24FNO2/c1-2-22(15-7-6-10-19(23)24)20(16-8-4-3-5-9-16)17-11-13-18(21)14-12-17/h3-5,8-9,11-14,20H,2,6-7,10,15H2,1H3,(H,23,24). The fourth-order valence-electron chi connectivity index (χ4n) is 2.96. The van der Waals surface area contributed by atoms with Gasteiger partial charge in [-0.3, -0.25) is 9.69 Å². The molecule has 0 bridgehead atoms. The van der Waals surface area contributed by atoms with Gasteiger partial charge >= 0.3 is 5.97 Å². The smallest absolute Gasteiger partial charge is 0.303 e. The van der Waals surface area contributed by atoms with E-state index in [1.807, 2.05) is 30.3 Å². The lowest BCUT2D eigenvalue weighted by atomic mass is 9.96. The van der Waals surface area contributed by atoms with Gasteiger partial charge in [-0.25, -0.2) is 4.39 Å². The average molecular weight is 329 g/mol. The number of carboxylic acid groups (broad SMARTS) is 1. The third-order valence-corrected chi connectivity index (χ3v) is 4.16. The van der Waals surface area contributed by atoms with Gasteiger partial charge in [-0.1, -0.05) is 49.4 Å². The summed E-state index contributed by atoms with van der Waals surface area (Å²) in [5.74, 6) is -0.994. The summed E-state index contributed by atoms with van der Waals surface area (Å²) in [7, 11) is 0. The van der Waals surface area contributed by atoms with E-state index in [9.17, 15) is 9.18 Å². The van der Waals surface area contributed by atoms with Gasteiger partial charge in [0.1, 0.15) is 5.82 Å². The normalized spacial score (nSPS) is 12.3. The summed E-state index contributed by atoms with van der Waals surface area (Å²) >= 11 is 0. The molecule has 2 rings (SSSR count). The topological polar surface area (TPSA) is 40.5 Å². The predicted octanol–water partition coefficient (Wildman–Crippen LogP) is 4.49. The first-order valence-electron chi connectivity index (χ1n) is 8.38. The molecule has 1 N–H and O–H groups in total. The van der Waals surface area contributed by atoms with Gasteiger partial charge in [0.15, 0.2) is 0 Å². The van der Waals surface area contributed by atoms with Gasteiger partial charge in [-0.15, -0.1) is 0 Å². The van der Waals surface area contributed by atoms with Crippen LogP contribution in [-0.4, -0.2) is 29.1 Å². The average Bonchev–Trinajstić information content (AvgIpc) is 2.59. The summed E-state index contributed by atoms with van der Waals surface area (Å²) in [5, 5.41) is 8.78. The molecular weight excluding hydrogens is 305 g/mol. The highest BCUT2D eigenvalue weighted by Crippen LogP contribution is 2.29. The lowest BCUT2D eigenvalue weighted by Crippen LogP contribution is -2.30. The van der Waals surface area contributed by atoms with Crippen LogP contribution in [0.4, 0.5) is 4.39 Å². The molecule has 0 amide bonds. The third-order valence-electron chi connectivity index (χ3n) is 4.16. The summed E-state index contributed by atoms with van der Waals surface area (Å²) < 4.78 is 13.3. The molecular formula is C20H24FNO2. The lowest BCUT2D eigenvalue weighted by Gasteiger charge is -2.31. The van der Waals surface area contributed by atoms with Crippen LogP contribution in [0, 0.1) is 5.82 Å². The Bertz CT molecular complexity index is 628. The Morgan fingerprint density at radius 3 is 2.25 bits per heavy atom. The Hall–Kier alpha value is -2.20. The zero-order chi connectivity index (χ0) is 17.4. The van der Waals surface area contributed by atoms with E-state index in [1.165, 1.54) is 12.1 Å². The van der Waals surface area contributed by atoms with Crippen LogP contribution in [0.15, 0.2) is 54.6 Å². The van der Waals surface area contributed by atoms with E-state index < -0.39 is 5.97 Å². The van der Waals surface area contributed by atoms with Crippen LogP contribution in [0.25, 0.3) is 0 Å². The summed E-state index contributed by atoms with van der Waals surface area (Å²) in [5.41, 5.74) is 2.20. The zero-order valence-electron chi connectivity index (χ0n) is 14.0. The molecule has 1 atom stereocenters. The molecule has 2 aromatic carbocycles. The van der Waals surface area contributed by atoms with E-state index in [1.54, 1.807) is 0 Å². The Balaban J connectivity index is 2.20. The monoisotopic (exact) mass is 329 g/mol. The first-order chi connectivity index (χ1) is 11.6. The fourth-order valence-corrected chi connectivity index (χ4v) is 2.96. The minimum absolute atomic E-state index is 0.0432. The van der Waals surface area contributed by atoms with E-state index in [4.69, 9.17) is 5.11 Å². The summed E-state index contributed by atoms with van der Waals surface area (Å²) in [6.07, 6.45) is 1.69. The fraction of sp³-hybridized carbons (Fsp3) is 0.350. The molecule has 0 aromatic heterocycles. The molecule has 128 valence electrons. The number of unbranched alkanes of at least 4 members (excludes halogenated alkanes) is 1. The first-order valence-corrected chi connectivity index (χ1v) is 8.38. The number of rotatable bonds is 9. The summed E-state index contributed by atoms with van der Waals surface area (Å²) in [6, 6.07) is 16.8. The van der Waals surface area contributed by atoms with Gasteiger partial charge in [0.2, 0.25) is 0 Å². The number of hydrogen-bond donors (Lipinski definition) is 1. The highest BCUT2D eigenvalue weighted by Gasteiger charge is 2.20. The van der Waals surface area contributed by atoms with Gasteiger partial charge in [-0.2, -0.15) is 0 Å². The maximum absolute atomic E-state index is 13.3. The second kappa shape index (κ2) is 9.18. The molecule has 3 nitrogen and oxygen atoms in total. The maximum Gasteiger partial charge on any atom is 0.303 e. The van der Waals surface area contributed by atoms with E-state index >= 15 is 0 Å². The van der Waals surface area contributed by atoms with E-state index in [-0.39, 0.29) is 18.3 Å². The van der Waals surface area contributed by atoms with Crippen molar-refractivity contribution in [1.29, 1.82) is 0 Å². The zero-order valence-corrected chi connectivity index (χ0v) is 14.0. The molecule has 0 spiro atoms. The largest absolute Gasteiger partial charge is 0.481 e. The quantitative estimate of drug-likeness (QED) is 0.689. The van der Waals surface area contributed by atoms with Crippen molar-refractivity contribution in [3.8, 4) is 0 Å². The number of aliphatic carboxylic acids is 1. The van der Waals surface area contributed by atoms with Crippen LogP contribution in [0.2, 0.25) is 0 Å². The predicted molar refractivity (Wildman–Crippen MR) is 93.4 cm³/mol. The number of hydrogen-bond acceptors (Lipinski definition) is 2. The number of halogens is 1. The molecule has 2 aromatic rings. The Kier molecular flexibility index (Phi) is 6.94. The summed E-state index contributed by atoms with van der Waals surface area (Å²) in [6.45, 7) is 3.74. The van der Waals surface area contributed by atoms with Gasteiger partial charge in [-0.05, 0) is 49.2 Å². The number of carbonyl (C=O) groups is 1. The van der Waals surface area contributed by atoms with Crippen LogP contribution in [-0.2, 0) is 4.79 Å². The van der Waals surface area contributed by atoms with Crippen LogP contribution in [0.1, 0.15) is 43.4 Å². The number of benzene rings is 2. The lowest BCUT2D eigenvalue weighted by molar-refractivity contribution is -0.137. The van der Waals surface area contributed by atoms with E-state index in [0.717, 1.165) is 30.6 Å². The van der Waals surface area contributed by atoms with Crippen molar-refractivity contribution in [2.75, 3.05) is 13.1 Å². The van der Waals surface area contributed by atoms with Gasteiger partial charge in [0, 0.05) is 6.42 Å². The Morgan fingerprint density at radius 1 is 1.04 bits per heavy atom. The first kappa shape index (κ1) is 18.1. The molecule has 0 fully saturated rings. The van der Waals surface area contributed by atoms with E-state index in [0.29, 0.717) is 6.42 Å². The second-order valence-electron chi connectivity index (χ2n) is 5.84. The second-order valence-corrected chi connectivity index (χ2v) is 5.84. The molecule has 0 radical (unpaired) electrons. The van der Waals surface area contributed by atoms with Crippen LogP contribution in [0.5, 0.6) is 0 Å².